The molecule has 188 valence electrons. The summed E-state index contributed by atoms with van der Waals surface area (Å²) in [5.41, 5.74) is 1.68. The number of carbonyl (C=O) groups is 1. The summed E-state index contributed by atoms with van der Waals surface area (Å²) < 4.78 is 54.5. The van der Waals surface area contributed by atoms with Crippen LogP contribution in [0.3, 0.4) is 0 Å². The molecule has 0 saturated heterocycles. The van der Waals surface area contributed by atoms with E-state index in [9.17, 15) is 23.1 Å². The summed E-state index contributed by atoms with van der Waals surface area (Å²) in [5, 5.41) is 9.63. The van der Waals surface area contributed by atoms with Crippen molar-refractivity contribution in [2.45, 2.75) is 13.0 Å². The van der Waals surface area contributed by atoms with Gasteiger partial charge in [0.2, 0.25) is 0 Å². The zero-order chi connectivity index (χ0) is 26.5. The lowest BCUT2D eigenvalue weighted by Crippen LogP contribution is -2.09. The fourth-order valence-electron chi connectivity index (χ4n) is 3.69. The molecule has 0 heterocycles. The molecule has 0 aliphatic heterocycles. The van der Waals surface area contributed by atoms with Crippen LogP contribution in [0, 0.1) is 17.5 Å². The standard InChI is InChI=1S/C30H23F3O4/c1-3-16-36-23-12-15-27(26(31)17-23)37-30(35)22-10-8-21(9-11-22)25-14-13-24(28(32)29(25)33)20-6-4-19(5-7-20)18(2)34/h3-15,17-18,34H,1,16H2,2H3. The number of hydrogen-bond donors (Lipinski definition) is 1. The molecule has 0 aliphatic rings. The van der Waals surface area contributed by atoms with Gasteiger partial charge in [-0.05, 0) is 47.9 Å². The number of halogens is 3. The summed E-state index contributed by atoms with van der Waals surface area (Å²) >= 11 is 0. The van der Waals surface area contributed by atoms with Crippen LogP contribution < -0.4 is 9.47 Å². The van der Waals surface area contributed by atoms with E-state index in [-0.39, 0.29) is 34.8 Å². The molecule has 0 radical (unpaired) electrons. The molecular weight excluding hydrogens is 481 g/mol. The maximum Gasteiger partial charge on any atom is 0.343 e. The number of hydrogen-bond acceptors (Lipinski definition) is 4. The maximum atomic E-state index is 15.0. The molecule has 4 aromatic carbocycles. The summed E-state index contributed by atoms with van der Waals surface area (Å²) in [7, 11) is 0. The second-order valence-electron chi connectivity index (χ2n) is 8.25. The van der Waals surface area contributed by atoms with E-state index in [1.807, 2.05) is 0 Å². The van der Waals surface area contributed by atoms with Crippen LogP contribution >= 0.6 is 0 Å². The predicted octanol–water partition coefficient (Wildman–Crippen LogP) is 7.28. The Labute approximate surface area is 212 Å². The van der Waals surface area contributed by atoms with Crippen molar-refractivity contribution in [3.8, 4) is 33.8 Å². The topological polar surface area (TPSA) is 55.8 Å². The lowest BCUT2D eigenvalue weighted by Gasteiger charge is -2.11. The second kappa shape index (κ2) is 11.1. The van der Waals surface area contributed by atoms with Gasteiger partial charge < -0.3 is 14.6 Å². The van der Waals surface area contributed by atoms with E-state index in [1.54, 1.807) is 31.2 Å². The van der Waals surface area contributed by atoms with E-state index in [2.05, 4.69) is 6.58 Å². The van der Waals surface area contributed by atoms with Crippen LogP contribution in [-0.2, 0) is 0 Å². The van der Waals surface area contributed by atoms with E-state index in [1.165, 1.54) is 54.6 Å². The smallest absolute Gasteiger partial charge is 0.343 e. The van der Waals surface area contributed by atoms with E-state index in [4.69, 9.17) is 9.47 Å². The van der Waals surface area contributed by atoms with Crippen molar-refractivity contribution < 1.29 is 32.5 Å². The monoisotopic (exact) mass is 504 g/mol. The van der Waals surface area contributed by atoms with Gasteiger partial charge in [0.25, 0.3) is 0 Å². The lowest BCUT2D eigenvalue weighted by molar-refractivity contribution is 0.0727. The summed E-state index contributed by atoms with van der Waals surface area (Å²) in [4.78, 5) is 12.5. The van der Waals surface area contributed by atoms with Gasteiger partial charge in [0.15, 0.2) is 23.2 Å². The summed E-state index contributed by atoms with van der Waals surface area (Å²) in [6.45, 7) is 5.33. The van der Waals surface area contributed by atoms with Crippen LogP contribution in [-0.4, -0.2) is 17.7 Å². The first-order chi connectivity index (χ1) is 17.8. The quantitative estimate of drug-likeness (QED) is 0.156. The molecule has 0 amide bonds. The van der Waals surface area contributed by atoms with Crippen molar-refractivity contribution in [3.63, 3.8) is 0 Å². The molecule has 0 fully saturated rings. The van der Waals surface area contributed by atoms with E-state index in [0.29, 0.717) is 16.7 Å². The largest absolute Gasteiger partial charge is 0.489 e. The molecule has 1 atom stereocenters. The highest BCUT2D eigenvalue weighted by Crippen LogP contribution is 2.32. The Bertz CT molecular complexity index is 1430. The molecule has 4 aromatic rings. The number of carbonyl (C=O) groups excluding carboxylic acids is 1. The van der Waals surface area contributed by atoms with Crippen molar-refractivity contribution in [2.75, 3.05) is 6.61 Å². The van der Waals surface area contributed by atoms with Gasteiger partial charge in [-0.2, -0.15) is 0 Å². The number of benzene rings is 4. The predicted molar refractivity (Wildman–Crippen MR) is 135 cm³/mol. The lowest BCUT2D eigenvalue weighted by atomic mass is 9.97. The third-order valence-electron chi connectivity index (χ3n) is 5.69. The van der Waals surface area contributed by atoms with Crippen LogP contribution in [0.2, 0.25) is 0 Å². The Morgan fingerprint density at radius 1 is 0.892 bits per heavy atom. The number of ether oxygens (including phenoxy) is 2. The first-order valence-electron chi connectivity index (χ1n) is 11.4. The van der Waals surface area contributed by atoms with Crippen LogP contribution in [0.25, 0.3) is 22.3 Å². The van der Waals surface area contributed by atoms with Gasteiger partial charge in [0.05, 0.1) is 11.7 Å². The normalized spacial score (nSPS) is 11.6. The molecule has 0 aromatic heterocycles. The minimum atomic E-state index is -1.03. The highest BCUT2D eigenvalue weighted by molar-refractivity contribution is 5.91. The minimum Gasteiger partial charge on any atom is -0.489 e. The Morgan fingerprint density at radius 3 is 1.97 bits per heavy atom. The molecule has 0 saturated carbocycles. The maximum absolute atomic E-state index is 15.0. The molecule has 1 N–H and O–H groups in total. The van der Waals surface area contributed by atoms with Crippen molar-refractivity contribution in [1.82, 2.24) is 0 Å². The number of esters is 1. The van der Waals surface area contributed by atoms with Gasteiger partial charge in [0.1, 0.15) is 12.4 Å². The average Bonchev–Trinajstić information content (AvgIpc) is 2.90. The summed E-state index contributed by atoms with van der Waals surface area (Å²) in [6, 6.07) is 19.0. The molecule has 4 rings (SSSR count). The number of aliphatic hydroxyl groups excluding tert-OH is 1. The highest BCUT2D eigenvalue weighted by atomic mass is 19.2. The van der Waals surface area contributed by atoms with Crippen molar-refractivity contribution in [3.05, 3.63) is 120 Å². The minimum absolute atomic E-state index is 0.0166. The zero-order valence-electron chi connectivity index (χ0n) is 19.9. The van der Waals surface area contributed by atoms with Crippen LogP contribution in [0.5, 0.6) is 11.5 Å². The van der Waals surface area contributed by atoms with E-state index < -0.39 is 29.5 Å². The van der Waals surface area contributed by atoms with Crippen LogP contribution in [0.15, 0.2) is 91.5 Å². The molecule has 1 unspecified atom stereocenters. The van der Waals surface area contributed by atoms with E-state index in [0.717, 1.165) is 6.07 Å². The van der Waals surface area contributed by atoms with Crippen molar-refractivity contribution >= 4 is 5.97 Å². The molecule has 0 aliphatic carbocycles. The van der Waals surface area contributed by atoms with Gasteiger partial charge in [0, 0.05) is 17.2 Å². The van der Waals surface area contributed by atoms with Crippen molar-refractivity contribution in [1.29, 1.82) is 0 Å². The Morgan fingerprint density at radius 2 is 1.46 bits per heavy atom. The first kappa shape index (κ1) is 25.7. The van der Waals surface area contributed by atoms with Crippen LogP contribution in [0.4, 0.5) is 13.2 Å². The van der Waals surface area contributed by atoms with Gasteiger partial charge in [-0.1, -0.05) is 61.2 Å². The average molecular weight is 505 g/mol. The third-order valence-corrected chi connectivity index (χ3v) is 5.69. The molecule has 0 bridgehead atoms. The van der Waals surface area contributed by atoms with E-state index >= 15 is 0 Å². The number of aliphatic hydroxyl groups is 1. The highest BCUT2D eigenvalue weighted by Gasteiger charge is 2.18. The molecule has 4 nitrogen and oxygen atoms in total. The van der Waals surface area contributed by atoms with Crippen LogP contribution in [0.1, 0.15) is 28.9 Å². The Kier molecular flexibility index (Phi) is 7.74. The van der Waals surface area contributed by atoms with Crippen molar-refractivity contribution in [2.24, 2.45) is 0 Å². The Balaban J connectivity index is 1.51. The fourth-order valence-corrected chi connectivity index (χ4v) is 3.69. The Hall–Kier alpha value is -4.36. The molecule has 0 spiro atoms. The summed E-state index contributed by atoms with van der Waals surface area (Å²) in [5.74, 6) is -3.64. The zero-order valence-corrected chi connectivity index (χ0v) is 19.9. The van der Waals surface area contributed by atoms with Gasteiger partial charge in [-0.15, -0.1) is 0 Å². The molecular formula is C30H23F3O4. The number of rotatable bonds is 8. The second-order valence-corrected chi connectivity index (χ2v) is 8.25. The molecule has 37 heavy (non-hydrogen) atoms. The first-order valence-corrected chi connectivity index (χ1v) is 11.4. The summed E-state index contributed by atoms with van der Waals surface area (Å²) in [6.07, 6.45) is 0.849. The van der Waals surface area contributed by atoms with Gasteiger partial charge in [-0.3, -0.25) is 0 Å². The van der Waals surface area contributed by atoms with Gasteiger partial charge in [-0.25, -0.2) is 18.0 Å². The van der Waals surface area contributed by atoms with Gasteiger partial charge >= 0.3 is 5.97 Å². The SMILES string of the molecule is C=CCOc1ccc(OC(=O)c2ccc(-c3ccc(-c4ccc(C(C)O)cc4)c(F)c3F)cc2)c(F)c1. The fraction of sp³-hybridized carbons (Fsp3) is 0.100. The molecule has 7 heteroatoms. The third kappa shape index (κ3) is 5.73.